The van der Waals surface area contributed by atoms with Gasteiger partial charge in [-0.3, -0.25) is 0 Å². The minimum absolute atomic E-state index is 0.00784. The zero-order valence-corrected chi connectivity index (χ0v) is 12.7. The summed E-state index contributed by atoms with van der Waals surface area (Å²) >= 11 is 18.3. The molecule has 4 heteroatoms. The van der Waals surface area contributed by atoms with Crippen LogP contribution in [0.4, 0.5) is 0 Å². The van der Waals surface area contributed by atoms with Crippen LogP contribution < -0.4 is 5.32 Å². The van der Waals surface area contributed by atoms with Crippen molar-refractivity contribution < 1.29 is 0 Å². The highest BCUT2D eigenvalue weighted by atomic mass is 35.5. The fourth-order valence-corrected chi connectivity index (χ4v) is 2.56. The summed E-state index contributed by atoms with van der Waals surface area (Å²) in [7, 11) is 0. The maximum atomic E-state index is 6.28. The van der Waals surface area contributed by atoms with Gasteiger partial charge >= 0.3 is 0 Å². The summed E-state index contributed by atoms with van der Waals surface area (Å²) in [4.78, 5) is 0. The number of rotatable bonds is 4. The van der Waals surface area contributed by atoms with E-state index in [4.69, 9.17) is 34.8 Å². The summed E-state index contributed by atoms with van der Waals surface area (Å²) in [5, 5.41) is 5.26. The Bertz CT molecular complexity index is 569. The van der Waals surface area contributed by atoms with Gasteiger partial charge in [0.25, 0.3) is 0 Å². The van der Waals surface area contributed by atoms with E-state index in [2.05, 4.69) is 12.2 Å². The van der Waals surface area contributed by atoms with Gasteiger partial charge in [0, 0.05) is 5.02 Å². The standard InChI is InChI=1S/C15H14Cl3N/c1-2-19-15(11-5-3-4-6-12(11)16)10-7-8-13(17)14(18)9-10/h3-9,15,19H,2H2,1H3. The third-order valence-corrected chi connectivity index (χ3v) is 3.98. The molecule has 0 radical (unpaired) electrons. The second kappa shape index (κ2) is 6.62. The molecule has 2 rings (SSSR count). The number of hydrogen-bond acceptors (Lipinski definition) is 1. The lowest BCUT2D eigenvalue weighted by molar-refractivity contribution is 0.631. The first-order valence-corrected chi connectivity index (χ1v) is 7.19. The van der Waals surface area contributed by atoms with Crippen molar-refractivity contribution in [1.82, 2.24) is 5.32 Å². The van der Waals surface area contributed by atoms with Crippen LogP contribution in [0.3, 0.4) is 0 Å². The lowest BCUT2D eigenvalue weighted by atomic mass is 9.98. The summed E-state index contributed by atoms with van der Waals surface area (Å²) in [6, 6.07) is 13.4. The first-order valence-electron chi connectivity index (χ1n) is 6.06. The quantitative estimate of drug-likeness (QED) is 0.802. The van der Waals surface area contributed by atoms with E-state index in [0.717, 1.165) is 22.7 Å². The van der Waals surface area contributed by atoms with Crippen LogP contribution in [-0.2, 0) is 0 Å². The summed E-state index contributed by atoms with van der Waals surface area (Å²) < 4.78 is 0. The highest BCUT2D eigenvalue weighted by Crippen LogP contribution is 2.31. The lowest BCUT2D eigenvalue weighted by Gasteiger charge is -2.20. The van der Waals surface area contributed by atoms with Gasteiger partial charge < -0.3 is 5.32 Å². The van der Waals surface area contributed by atoms with E-state index < -0.39 is 0 Å². The van der Waals surface area contributed by atoms with Crippen LogP contribution in [-0.4, -0.2) is 6.54 Å². The van der Waals surface area contributed by atoms with E-state index in [9.17, 15) is 0 Å². The molecular weight excluding hydrogens is 301 g/mol. The Balaban J connectivity index is 2.45. The molecule has 0 heterocycles. The zero-order chi connectivity index (χ0) is 13.8. The van der Waals surface area contributed by atoms with E-state index in [0.29, 0.717) is 10.0 Å². The van der Waals surface area contributed by atoms with Gasteiger partial charge in [-0.15, -0.1) is 0 Å². The molecule has 1 atom stereocenters. The molecule has 0 spiro atoms. The minimum Gasteiger partial charge on any atom is -0.306 e. The van der Waals surface area contributed by atoms with Crippen molar-refractivity contribution in [3.8, 4) is 0 Å². The normalized spacial score (nSPS) is 12.4. The Labute approximate surface area is 128 Å². The fourth-order valence-electron chi connectivity index (χ4n) is 2.01. The van der Waals surface area contributed by atoms with Crippen LogP contribution in [0, 0.1) is 0 Å². The van der Waals surface area contributed by atoms with Crippen LogP contribution in [0.2, 0.25) is 15.1 Å². The SMILES string of the molecule is CCNC(c1ccc(Cl)c(Cl)c1)c1ccccc1Cl. The molecule has 0 aliphatic carbocycles. The number of halogens is 3. The van der Waals surface area contributed by atoms with Crippen LogP contribution in [0.1, 0.15) is 24.1 Å². The van der Waals surface area contributed by atoms with Gasteiger partial charge in [-0.25, -0.2) is 0 Å². The van der Waals surface area contributed by atoms with Crippen LogP contribution >= 0.6 is 34.8 Å². The van der Waals surface area contributed by atoms with Crippen molar-refractivity contribution in [2.75, 3.05) is 6.54 Å². The predicted octanol–water partition coefficient (Wildman–Crippen LogP) is 5.35. The van der Waals surface area contributed by atoms with E-state index in [1.807, 2.05) is 36.4 Å². The van der Waals surface area contributed by atoms with Crippen molar-refractivity contribution in [3.05, 3.63) is 68.7 Å². The Morgan fingerprint density at radius 1 is 0.947 bits per heavy atom. The van der Waals surface area contributed by atoms with E-state index in [-0.39, 0.29) is 6.04 Å². The summed E-state index contributed by atoms with van der Waals surface area (Å²) in [5.41, 5.74) is 2.08. The Kier molecular flexibility index (Phi) is 5.12. The van der Waals surface area contributed by atoms with Crippen molar-refractivity contribution in [2.24, 2.45) is 0 Å². The molecule has 2 aromatic rings. The minimum atomic E-state index is 0.00784. The highest BCUT2D eigenvalue weighted by Gasteiger charge is 2.16. The van der Waals surface area contributed by atoms with Gasteiger partial charge in [0.05, 0.1) is 16.1 Å². The molecule has 2 aromatic carbocycles. The number of hydrogen-bond donors (Lipinski definition) is 1. The molecule has 19 heavy (non-hydrogen) atoms. The molecular formula is C15H14Cl3N. The second-order valence-electron chi connectivity index (χ2n) is 4.19. The van der Waals surface area contributed by atoms with E-state index in [1.54, 1.807) is 6.07 Å². The van der Waals surface area contributed by atoms with Crippen molar-refractivity contribution in [3.63, 3.8) is 0 Å². The van der Waals surface area contributed by atoms with Crippen molar-refractivity contribution in [2.45, 2.75) is 13.0 Å². The average molecular weight is 315 g/mol. The monoisotopic (exact) mass is 313 g/mol. The van der Waals surface area contributed by atoms with Crippen LogP contribution in [0.25, 0.3) is 0 Å². The highest BCUT2D eigenvalue weighted by molar-refractivity contribution is 6.42. The Morgan fingerprint density at radius 3 is 2.32 bits per heavy atom. The topological polar surface area (TPSA) is 12.0 Å². The molecule has 0 amide bonds. The third-order valence-electron chi connectivity index (χ3n) is 2.90. The molecule has 0 saturated carbocycles. The average Bonchev–Trinajstić information content (AvgIpc) is 2.40. The second-order valence-corrected chi connectivity index (χ2v) is 5.41. The molecule has 0 bridgehead atoms. The van der Waals surface area contributed by atoms with Crippen molar-refractivity contribution in [1.29, 1.82) is 0 Å². The third kappa shape index (κ3) is 3.43. The predicted molar refractivity (Wildman–Crippen MR) is 83.4 cm³/mol. The fraction of sp³-hybridized carbons (Fsp3) is 0.200. The van der Waals surface area contributed by atoms with Gasteiger partial charge in [-0.2, -0.15) is 0 Å². The maximum absolute atomic E-state index is 6.28. The summed E-state index contributed by atoms with van der Waals surface area (Å²) in [6.07, 6.45) is 0. The molecule has 1 unspecified atom stereocenters. The molecule has 0 fully saturated rings. The van der Waals surface area contributed by atoms with E-state index in [1.165, 1.54) is 0 Å². The van der Waals surface area contributed by atoms with E-state index >= 15 is 0 Å². The number of benzene rings is 2. The van der Waals surface area contributed by atoms with Crippen LogP contribution in [0.15, 0.2) is 42.5 Å². The number of nitrogens with one attached hydrogen (secondary N) is 1. The van der Waals surface area contributed by atoms with Gasteiger partial charge in [-0.05, 0) is 35.9 Å². The van der Waals surface area contributed by atoms with Crippen molar-refractivity contribution >= 4 is 34.8 Å². The van der Waals surface area contributed by atoms with Gasteiger partial charge in [-0.1, -0.05) is 66.0 Å². The first-order chi connectivity index (χ1) is 9.13. The molecule has 0 aliphatic rings. The maximum Gasteiger partial charge on any atom is 0.0595 e. The molecule has 1 nitrogen and oxygen atoms in total. The molecule has 0 aliphatic heterocycles. The zero-order valence-electron chi connectivity index (χ0n) is 10.5. The first kappa shape index (κ1) is 14.7. The Hall–Kier alpha value is -0.730. The van der Waals surface area contributed by atoms with Gasteiger partial charge in [0.1, 0.15) is 0 Å². The summed E-state index contributed by atoms with van der Waals surface area (Å²) in [5.74, 6) is 0. The van der Waals surface area contributed by atoms with Gasteiger partial charge in [0.15, 0.2) is 0 Å². The molecule has 1 N–H and O–H groups in total. The molecule has 0 aromatic heterocycles. The molecule has 0 saturated heterocycles. The largest absolute Gasteiger partial charge is 0.306 e. The van der Waals surface area contributed by atoms with Crippen LogP contribution in [0.5, 0.6) is 0 Å². The lowest BCUT2D eigenvalue weighted by Crippen LogP contribution is -2.22. The Morgan fingerprint density at radius 2 is 1.68 bits per heavy atom. The van der Waals surface area contributed by atoms with Gasteiger partial charge in [0.2, 0.25) is 0 Å². The summed E-state index contributed by atoms with van der Waals surface area (Å²) in [6.45, 7) is 2.89. The smallest absolute Gasteiger partial charge is 0.0595 e. The molecule has 100 valence electrons.